The van der Waals surface area contributed by atoms with E-state index < -0.39 is 0 Å². The van der Waals surface area contributed by atoms with Gasteiger partial charge in [0, 0.05) is 30.6 Å². The molecule has 2 heterocycles. The van der Waals surface area contributed by atoms with Crippen LogP contribution in [0.2, 0.25) is 0 Å². The Hall–Kier alpha value is -3.32. The summed E-state index contributed by atoms with van der Waals surface area (Å²) >= 11 is 3.27. The van der Waals surface area contributed by atoms with E-state index in [9.17, 15) is 10.5 Å². The molecule has 6 heteroatoms. The van der Waals surface area contributed by atoms with Gasteiger partial charge in [0.05, 0.1) is 37.0 Å². The van der Waals surface area contributed by atoms with Crippen molar-refractivity contribution in [2.75, 3.05) is 13.7 Å². The second-order valence-corrected chi connectivity index (χ2v) is 11.7. The summed E-state index contributed by atoms with van der Waals surface area (Å²) in [5.41, 5.74) is 2.31. The van der Waals surface area contributed by atoms with E-state index >= 15 is 0 Å². The molecule has 3 rings (SSSR count). The van der Waals surface area contributed by atoms with Crippen molar-refractivity contribution in [3.8, 4) is 23.6 Å². The van der Waals surface area contributed by atoms with Gasteiger partial charge in [0.25, 0.3) is 0 Å². The van der Waals surface area contributed by atoms with Crippen LogP contribution in [0.3, 0.4) is 0 Å². The molecule has 0 amide bonds. The maximum Gasteiger partial charge on any atom is 0.128 e. The van der Waals surface area contributed by atoms with Gasteiger partial charge >= 0.3 is 0 Å². The summed E-state index contributed by atoms with van der Waals surface area (Å²) in [6, 6.07) is 16.5. The summed E-state index contributed by atoms with van der Waals surface area (Å²) in [7, 11) is 1.59. The lowest BCUT2D eigenvalue weighted by Gasteiger charge is -2.19. The van der Waals surface area contributed by atoms with Gasteiger partial charge in [-0.05, 0) is 74.7 Å². The number of allylic oxidation sites excluding steroid dienone is 2. The number of ether oxygens (including phenoxy) is 2. The third-order valence-corrected chi connectivity index (χ3v) is 8.13. The molecule has 3 aromatic rings. The molecule has 0 saturated carbocycles. The number of thiophene rings is 2. The molecule has 192 valence electrons. The summed E-state index contributed by atoms with van der Waals surface area (Å²) < 4.78 is 12.2. The van der Waals surface area contributed by atoms with Crippen LogP contribution < -0.4 is 9.47 Å². The van der Waals surface area contributed by atoms with Gasteiger partial charge < -0.3 is 9.47 Å². The van der Waals surface area contributed by atoms with E-state index in [1.165, 1.54) is 9.75 Å². The van der Waals surface area contributed by atoms with Gasteiger partial charge in [-0.2, -0.15) is 10.5 Å². The van der Waals surface area contributed by atoms with Gasteiger partial charge in [-0.15, -0.1) is 22.7 Å². The molecule has 0 fully saturated rings. The van der Waals surface area contributed by atoms with E-state index in [1.807, 2.05) is 62.4 Å². The van der Waals surface area contributed by atoms with Crippen molar-refractivity contribution in [2.24, 2.45) is 5.92 Å². The van der Waals surface area contributed by atoms with Crippen LogP contribution in [0, 0.1) is 42.4 Å². The van der Waals surface area contributed by atoms with Gasteiger partial charge in [0.2, 0.25) is 0 Å². The van der Waals surface area contributed by atoms with Gasteiger partial charge in [0.15, 0.2) is 0 Å². The van der Waals surface area contributed by atoms with Crippen molar-refractivity contribution < 1.29 is 9.47 Å². The Balaban J connectivity index is 2.13. The number of unbranched alkanes of at least 4 members (excludes halogenated alkanes) is 1. The molecule has 0 radical (unpaired) electrons. The number of benzene rings is 1. The predicted molar refractivity (Wildman–Crippen MR) is 157 cm³/mol. The van der Waals surface area contributed by atoms with Crippen LogP contribution in [0.5, 0.6) is 11.5 Å². The summed E-state index contributed by atoms with van der Waals surface area (Å²) in [5, 5.41) is 20.2. The SMILES string of the molecule is CCCCC(CC)COc1cc(/C(C#N)=C/c2ccc(C)s2)c(OC)cc1/C(C#N)=C/c1ccc(C)s1. The lowest BCUT2D eigenvalue weighted by atomic mass is 9.97. The molecular formula is C31H34N2O2S2. The molecule has 2 aromatic heterocycles. The Labute approximate surface area is 229 Å². The van der Waals surface area contributed by atoms with Crippen LogP contribution in [-0.2, 0) is 0 Å². The molecule has 1 aromatic carbocycles. The topological polar surface area (TPSA) is 66.0 Å². The molecule has 1 atom stereocenters. The number of nitrogens with zero attached hydrogens (tertiary/aromatic N) is 2. The highest BCUT2D eigenvalue weighted by molar-refractivity contribution is 7.13. The summed E-state index contributed by atoms with van der Waals surface area (Å²) in [6.07, 6.45) is 8.20. The minimum absolute atomic E-state index is 0.424. The van der Waals surface area contributed by atoms with Crippen LogP contribution in [0.15, 0.2) is 36.4 Å². The Morgan fingerprint density at radius 2 is 1.43 bits per heavy atom. The van der Waals surface area contributed by atoms with Crippen LogP contribution in [0.4, 0.5) is 0 Å². The van der Waals surface area contributed by atoms with Crippen LogP contribution >= 0.6 is 22.7 Å². The second kappa shape index (κ2) is 13.8. The molecule has 0 N–H and O–H groups in total. The fraction of sp³-hybridized carbons (Fsp3) is 0.355. The lowest BCUT2D eigenvalue weighted by molar-refractivity contribution is 0.232. The average Bonchev–Trinajstić information content (AvgIpc) is 3.52. The van der Waals surface area contributed by atoms with E-state index in [0.717, 1.165) is 35.4 Å². The smallest absolute Gasteiger partial charge is 0.128 e. The summed E-state index contributed by atoms with van der Waals surface area (Å²) in [5.74, 6) is 1.55. The van der Waals surface area contributed by atoms with Gasteiger partial charge in [-0.25, -0.2) is 0 Å². The van der Waals surface area contributed by atoms with Crippen molar-refractivity contribution in [3.63, 3.8) is 0 Å². The average molecular weight is 531 g/mol. The number of nitriles is 2. The second-order valence-electron chi connectivity index (χ2n) is 9.01. The monoisotopic (exact) mass is 530 g/mol. The first-order valence-corrected chi connectivity index (χ1v) is 14.3. The third-order valence-electron chi connectivity index (χ3n) is 6.24. The molecule has 0 spiro atoms. The van der Waals surface area contributed by atoms with Crippen molar-refractivity contribution in [1.82, 2.24) is 0 Å². The maximum absolute atomic E-state index is 10.1. The zero-order valence-corrected chi connectivity index (χ0v) is 23.9. The summed E-state index contributed by atoms with van der Waals surface area (Å²) in [6.45, 7) is 9.03. The zero-order chi connectivity index (χ0) is 26.8. The Kier molecular flexibility index (Phi) is 10.6. The van der Waals surface area contributed by atoms with Crippen molar-refractivity contribution in [3.05, 3.63) is 67.0 Å². The van der Waals surface area contributed by atoms with Crippen molar-refractivity contribution in [2.45, 2.75) is 53.4 Å². The molecule has 0 aliphatic heterocycles. The molecule has 0 aliphatic carbocycles. The van der Waals surface area contributed by atoms with E-state index in [2.05, 4.69) is 26.0 Å². The van der Waals surface area contributed by atoms with Gasteiger partial charge in [0.1, 0.15) is 11.5 Å². The van der Waals surface area contributed by atoms with Crippen LogP contribution in [0.25, 0.3) is 23.3 Å². The fourth-order valence-electron chi connectivity index (χ4n) is 4.06. The highest BCUT2D eigenvalue weighted by Crippen LogP contribution is 2.39. The van der Waals surface area contributed by atoms with Crippen LogP contribution in [0.1, 0.15) is 70.2 Å². The maximum atomic E-state index is 10.1. The number of hydrogen-bond donors (Lipinski definition) is 0. The quantitative estimate of drug-likeness (QED) is 0.219. The fourth-order valence-corrected chi connectivity index (χ4v) is 5.70. The molecule has 4 nitrogen and oxygen atoms in total. The number of rotatable bonds is 12. The lowest BCUT2D eigenvalue weighted by Crippen LogP contribution is -2.12. The van der Waals surface area contributed by atoms with E-state index in [0.29, 0.717) is 46.3 Å². The van der Waals surface area contributed by atoms with E-state index in [1.54, 1.807) is 29.8 Å². The number of hydrogen-bond acceptors (Lipinski definition) is 6. The number of methoxy groups -OCH3 is 1. The molecular weight excluding hydrogens is 496 g/mol. The van der Waals surface area contributed by atoms with Crippen molar-refractivity contribution in [1.29, 1.82) is 10.5 Å². The first kappa shape index (κ1) is 28.3. The predicted octanol–water partition coefficient (Wildman–Crippen LogP) is 9.16. The molecule has 37 heavy (non-hydrogen) atoms. The first-order valence-electron chi connectivity index (χ1n) is 12.6. The first-order chi connectivity index (χ1) is 17.9. The third kappa shape index (κ3) is 7.59. The molecule has 0 saturated heterocycles. The van der Waals surface area contributed by atoms with Gasteiger partial charge in [-0.3, -0.25) is 0 Å². The molecule has 0 bridgehead atoms. The minimum Gasteiger partial charge on any atom is -0.496 e. The molecule has 0 aliphatic rings. The Bertz CT molecular complexity index is 1350. The Morgan fingerprint density at radius 1 is 0.892 bits per heavy atom. The van der Waals surface area contributed by atoms with Gasteiger partial charge in [-0.1, -0.05) is 33.1 Å². The molecule has 1 unspecified atom stereocenters. The zero-order valence-electron chi connectivity index (χ0n) is 22.3. The normalized spacial score (nSPS) is 12.6. The standard InChI is InChI=1S/C31H34N2O2S2/c1-6-8-9-23(7-2)20-35-31-17-28(24(18-32)14-26-12-10-21(3)36-26)30(34-5)16-29(31)25(19-33)15-27-13-11-22(4)37-27/h10-17,23H,6-9,20H2,1-5H3/b24-14+,25-15+. The van der Waals surface area contributed by atoms with Crippen molar-refractivity contribution >= 4 is 46.0 Å². The largest absolute Gasteiger partial charge is 0.496 e. The van der Waals surface area contributed by atoms with Crippen LogP contribution in [-0.4, -0.2) is 13.7 Å². The van der Waals surface area contributed by atoms with E-state index in [-0.39, 0.29) is 0 Å². The number of aryl methyl sites for hydroxylation is 2. The summed E-state index contributed by atoms with van der Waals surface area (Å²) in [4.78, 5) is 4.37. The highest BCUT2D eigenvalue weighted by atomic mass is 32.1. The highest BCUT2D eigenvalue weighted by Gasteiger charge is 2.19. The Morgan fingerprint density at radius 3 is 1.86 bits per heavy atom. The van der Waals surface area contributed by atoms with E-state index in [4.69, 9.17) is 9.47 Å². The minimum atomic E-state index is 0.424.